The number of pyridine rings is 1. The first-order chi connectivity index (χ1) is 8.52. The van der Waals surface area contributed by atoms with E-state index >= 15 is 0 Å². The number of hydrogen-bond acceptors (Lipinski definition) is 6. The van der Waals surface area contributed by atoms with E-state index in [9.17, 15) is 14.9 Å². The number of aliphatic carboxylic acids is 1. The molecule has 0 aliphatic carbocycles. The summed E-state index contributed by atoms with van der Waals surface area (Å²) >= 11 is 0. The Morgan fingerprint density at radius 2 is 2.44 bits per heavy atom. The van der Waals surface area contributed by atoms with Crippen LogP contribution in [0.25, 0.3) is 0 Å². The summed E-state index contributed by atoms with van der Waals surface area (Å²) in [6.45, 7) is 0.205. The minimum atomic E-state index is -0.976. The molecule has 0 bridgehead atoms. The molecule has 1 unspecified atom stereocenters. The molecule has 0 aliphatic heterocycles. The largest absolute Gasteiger partial charge is 0.481 e. The summed E-state index contributed by atoms with van der Waals surface area (Å²) < 4.78 is 4.96. The van der Waals surface area contributed by atoms with E-state index in [-0.39, 0.29) is 18.7 Å². The Kier molecular flexibility index (Phi) is 5.00. The van der Waals surface area contributed by atoms with Crippen LogP contribution in [-0.2, 0) is 9.53 Å². The van der Waals surface area contributed by atoms with Crippen LogP contribution in [0.15, 0.2) is 18.3 Å². The molecule has 8 heteroatoms. The molecule has 1 atom stereocenters. The van der Waals surface area contributed by atoms with Gasteiger partial charge in [-0.25, -0.2) is 4.98 Å². The number of nitro groups is 1. The molecule has 2 N–H and O–H groups in total. The quantitative estimate of drug-likeness (QED) is 0.549. The molecule has 1 aromatic heterocycles. The average Bonchev–Trinajstić information content (AvgIpc) is 2.34. The van der Waals surface area contributed by atoms with Crippen LogP contribution in [0.5, 0.6) is 0 Å². The van der Waals surface area contributed by atoms with Crippen molar-refractivity contribution in [3.63, 3.8) is 0 Å². The number of carboxylic acid groups (broad SMARTS) is 1. The molecule has 0 aliphatic rings. The number of anilines is 1. The van der Waals surface area contributed by atoms with Crippen molar-refractivity contribution in [3.8, 4) is 0 Å². The first-order valence-corrected chi connectivity index (χ1v) is 5.12. The lowest BCUT2D eigenvalue weighted by molar-refractivity contribution is -0.384. The number of aromatic nitrogens is 1. The van der Waals surface area contributed by atoms with E-state index < -0.39 is 17.0 Å². The maximum absolute atomic E-state index is 10.5. The first-order valence-electron chi connectivity index (χ1n) is 5.12. The lowest BCUT2D eigenvalue weighted by Gasteiger charge is -2.13. The van der Waals surface area contributed by atoms with E-state index in [0.29, 0.717) is 5.82 Å². The third kappa shape index (κ3) is 4.34. The zero-order chi connectivity index (χ0) is 13.5. The fourth-order valence-electron chi connectivity index (χ4n) is 1.28. The molecule has 18 heavy (non-hydrogen) atoms. The van der Waals surface area contributed by atoms with Gasteiger partial charge in [-0.3, -0.25) is 14.9 Å². The van der Waals surface area contributed by atoms with Crippen LogP contribution < -0.4 is 5.32 Å². The third-order valence-corrected chi connectivity index (χ3v) is 2.20. The first kappa shape index (κ1) is 13.8. The average molecular weight is 255 g/mol. The minimum absolute atomic E-state index is 0.0836. The van der Waals surface area contributed by atoms with Crippen molar-refractivity contribution < 1.29 is 19.6 Å². The number of nitrogens with zero attached hydrogens (tertiary/aromatic N) is 2. The van der Waals surface area contributed by atoms with E-state index in [1.54, 1.807) is 0 Å². The zero-order valence-corrected chi connectivity index (χ0v) is 9.70. The van der Waals surface area contributed by atoms with Crippen LogP contribution in [0.3, 0.4) is 0 Å². The van der Waals surface area contributed by atoms with Gasteiger partial charge in [-0.05, 0) is 0 Å². The number of ether oxygens (including phenoxy) is 1. The molecule has 8 nitrogen and oxygen atoms in total. The van der Waals surface area contributed by atoms with Gasteiger partial charge in [-0.1, -0.05) is 0 Å². The van der Waals surface area contributed by atoms with Crippen LogP contribution in [0.1, 0.15) is 6.42 Å². The van der Waals surface area contributed by atoms with Crippen LogP contribution in [0, 0.1) is 10.1 Å². The van der Waals surface area contributed by atoms with E-state index in [1.165, 1.54) is 25.4 Å². The predicted molar refractivity (Wildman–Crippen MR) is 62.4 cm³/mol. The Hall–Kier alpha value is -2.22. The zero-order valence-electron chi connectivity index (χ0n) is 9.70. The van der Waals surface area contributed by atoms with Crippen molar-refractivity contribution in [1.82, 2.24) is 4.98 Å². The van der Waals surface area contributed by atoms with E-state index in [0.717, 1.165) is 0 Å². The maximum Gasteiger partial charge on any atom is 0.306 e. The van der Waals surface area contributed by atoms with Crippen molar-refractivity contribution in [3.05, 3.63) is 28.4 Å². The molecule has 1 aromatic rings. The molecule has 0 saturated carbocycles. The van der Waals surface area contributed by atoms with Gasteiger partial charge >= 0.3 is 5.97 Å². The predicted octanol–water partition coefficient (Wildman–Crippen LogP) is 0.891. The lowest BCUT2D eigenvalue weighted by Crippen LogP contribution is -2.25. The molecule has 0 fully saturated rings. The molecule has 1 heterocycles. The highest BCUT2D eigenvalue weighted by molar-refractivity contribution is 5.67. The number of hydrogen-bond donors (Lipinski definition) is 2. The second kappa shape index (κ2) is 6.50. The van der Waals surface area contributed by atoms with Gasteiger partial charge in [0.05, 0.1) is 23.5 Å². The molecule has 98 valence electrons. The Labute approximate surface area is 103 Å². The summed E-state index contributed by atoms with van der Waals surface area (Å²) in [5.41, 5.74) is -0.0836. The fraction of sp³-hybridized carbons (Fsp3) is 0.400. The highest BCUT2D eigenvalue weighted by Gasteiger charge is 2.13. The molecule has 0 radical (unpaired) electrons. The fourth-order valence-corrected chi connectivity index (χ4v) is 1.28. The second-order valence-corrected chi connectivity index (χ2v) is 3.49. The summed E-state index contributed by atoms with van der Waals surface area (Å²) in [6.07, 6.45) is 0.626. The van der Waals surface area contributed by atoms with Crippen LogP contribution >= 0.6 is 0 Å². The van der Waals surface area contributed by atoms with Gasteiger partial charge in [0.2, 0.25) is 0 Å². The normalized spacial score (nSPS) is 11.8. The molecular formula is C10H13N3O5. The monoisotopic (exact) mass is 255 g/mol. The second-order valence-electron chi connectivity index (χ2n) is 3.49. The highest BCUT2D eigenvalue weighted by atomic mass is 16.6. The van der Waals surface area contributed by atoms with Crippen LogP contribution in [0.4, 0.5) is 11.5 Å². The van der Waals surface area contributed by atoms with E-state index in [4.69, 9.17) is 9.84 Å². The van der Waals surface area contributed by atoms with Crippen LogP contribution in [0.2, 0.25) is 0 Å². The molecule has 0 aromatic carbocycles. The summed E-state index contributed by atoms with van der Waals surface area (Å²) in [4.78, 5) is 24.4. The maximum atomic E-state index is 10.5. The van der Waals surface area contributed by atoms with Crippen molar-refractivity contribution in [2.75, 3.05) is 19.0 Å². The lowest BCUT2D eigenvalue weighted by atomic mass is 10.2. The highest BCUT2D eigenvalue weighted by Crippen LogP contribution is 2.14. The van der Waals surface area contributed by atoms with Gasteiger partial charge < -0.3 is 15.2 Å². The Morgan fingerprint density at radius 1 is 1.72 bits per heavy atom. The molecule has 0 saturated heterocycles. The van der Waals surface area contributed by atoms with Gasteiger partial charge in [0.1, 0.15) is 5.82 Å². The number of nitrogens with one attached hydrogen (secondary N) is 1. The Balaban J connectivity index is 2.59. The number of carbonyl (C=O) groups is 1. The minimum Gasteiger partial charge on any atom is -0.481 e. The Bertz CT molecular complexity index is 437. The summed E-state index contributed by atoms with van der Waals surface area (Å²) in [5.74, 6) is -0.674. The van der Waals surface area contributed by atoms with Crippen molar-refractivity contribution in [2.45, 2.75) is 12.5 Å². The van der Waals surface area contributed by atoms with E-state index in [2.05, 4.69) is 10.3 Å². The summed E-state index contributed by atoms with van der Waals surface area (Å²) in [7, 11) is 1.40. The van der Waals surface area contributed by atoms with Crippen molar-refractivity contribution in [2.24, 2.45) is 0 Å². The van der Waals surface area contributed by atoms with E-state index in [1.807, 2.05) is 0 Å². The van der Waals surface area contributed by atoms with Gasteiger partial charge in [0.25, 0.3) is 5.69 Å². The standard InChI is InChI=1S/C10H13N3O5/c1-18-8(5-10(14)15)6-12-9-4-7(13(16)17)2-3-11-9/h2-4,8H,5-6H2,1H3,(H,11,12)(H,14,15). The summed E-state index contributed by atoms with van der Waals surface area (Å²) in [6, 6.07) is 2.55. The van der Waals surface area contributed by atoms with Gasteiger partial charge in [0, 0.05) is 25.9 Å². The topological polar surface area (TPSA) is 115 Å². The van der Waals surface area contributed by atoms with Crippen LogP contribution in [-0.4, -0.2) is 40.7 Å². The molecule has 0 amide bonds. The molecular weight excluding hydrogens is 242 g/mol. The molecule has 0 spiro atoms. The van der Waals surface area contributed by atoms with Gasteiger partial charge in [0.15, 0.2) is 0 Å². The SMILES string of the molecule is COC(CNc1cc([N+](=O)[O-])ccn1)CC(=O)O. The van der Waals surface area contributed by atoms with Crippen molar-refractivity contribution in [1.29, 1.82) is 0 Å². The third-order valence-electron chi connectivity index (χ3n) is 2.20. The summed E-state index contributed by atoms with van der Waals surface area (Å²) in [5, 5.41) is 21.9. The van der Waals surface area contributed by atoms with Gasteiger partial charge in [-0.15, -0.1) is 0 Å². The smallest absolute Gasteiger partial charge is 0.306 e. The number of rotatable bonds is 7. The number of carboxylic acids is 1. The van der Waals surface area contributed by atoms with Gasteiger partial charge in [-0.2, -0.15) is 0 Å². The molecule has 1 rings (SSSR count). The number of methoxy groups -OCH3 is 1. The van der Waals surface area contributed by atoms with Crippen molar-refractivity contribution >= 4 is 17.5 Å². The Morgan fingerprint density at radius 3 is 3.00 bits per heavy atom.